The highest BCUT2D eigenvalue weighted by Crippen LogP contribution is 2.27. The molecule has 0 fully saturated rings. The minimum atomic E-state index is -0.141. The van der Waals surface area contributed by atoms with Crippen molar-refractivity contribution in [2.45, 2.75) is 13.0 Å². The van der Waals surface area contributed by atoms with Crippen LogP contribution in [0, 0.1) is 11.3 Å². The van der Waals surface area contributed by atoms with Crippen LogP contribution in [0.3, 0.4) is 0 Å². The number of nitrogens with zero attached hydrogens (tertiary/aromatic N) is 6. The Kier molecular flexibility index (Phi) is 3.78. The van der Waals surface area contributed by atoms with Crippen molar-refractivity contribution in [3.8, 4) is 17.3 Å². The first-order chi connectivity index (χ1) is 12.7. The summed E-state index contributed by atoms with van der Waals surface area (Å²) in [7, 11) is 0. The SMILES string of the molecule is CC(c1ccccn1)n1nc2cc(-c3ccccc3C#N)nc(N)c2n1. The van der Waals surface area contributed by atoms with Crippen molar-refractivity contribution in [1.82, 2.24) is 25.0 Å². The van der Waals surface area contributed by atoms with Gasteiger partial charge in [-0.25, -0.2) is 4.98 Å². The molecular formula is C19H15N7. The summed E-state index contributed by atoms with van der Waals surface area (Å²) >= 11 is 0. The lowest BCUT2D eigenvalue weighted by molar-refractivity contribution is 0.490. The lowest BCUT2D eigenvalue weighted by Gasteiger charge is -2.08. The molecule has 0 radical (unpaired) electrons. The standard InChI is InChI=1S/C19H15N7/c1-12(15-8-4-5-9-22-15)26-24-17-10-16(23-19(21)18(17)25-26)14-7-3-2-6-13(14)11-20/h2-10,12H,1H3,(H2,21,23). The molecule has 3 heterocycles. The summed E-state index contributed by atoms with van der Waals surface area (Å²) in [5.41, 5.74) is 9.98. The number of hydrogen-bond acceptors (Lipinski definition) is 6. The van der Waals surface area contributed by atoms with Crippen LogP contribution in [0.25, 0.3) is 22.3 Å². The van der Waals surface area contributed by atoms with Crippen LogP contribution >= 0.6 is 0 Å². The zero-order chi connectivity index (χ0) is 18.1. The largest absolute Gasteiger partial charge is 0.382 e. The molecule has 126 valence electrons. The van der Waals surface area contributed by atoms with Crippen molar-refractivity contribution >= 4 is 16.9 Å². The van der Waals surface area contributed by atoms with E-state index in [1.54, 1.807) is 23.1 Å². The lowest BCUT2D eigenvalue weighted by Crippen LogP contribution is -2.11. The van der Waals surface area contributed by atoms with E-state index in [0.717, 1.165) is 11.3 Å². The van der Waals surface area contributed by atoms with Gasteiger partial charge < -0.3 is 5.73 Å². The molecule has 0 spiro atoms. The molecule has 0 amide bonds. The van der Waals surface area contributed by atoms with Gasteiger partial charge in [0.1, 0.15) is 11.6 Å². The summed E-state index contributed by atoms with van der Waals surface area (Å²) in [6.45, 7) is 1.97. The van der Waals surface area contributed by atoms with Crippen LogP contribution in [0.2, 0.25) is 0 Å². The number of nitrogens with two attached hydrogens (primary N) is 1. The fourth-order valence-corrected chi connectivity index (χ4v) is 2.81. The Bertz CT molecular complexity index is 1130. The molecule has 1 aromatic carbocycles. The molecule has 0 aliphatic carbocycles. The Morgan fingerprint density at radius 1 is 1.12 bits per heavy atom. The van der Waals surface area contributed by atoms with Crippen LogP contribution in [0.15, 0.2) is 54.7 Å². The van der Waals surface area contributed by atoms with Gasteiger partial charge in [0.2, 0.25) is 0 Å². The third kappa shape index (κ3) is 2.63. The molecule has 2 N–H and O–H groups in total. The van der Waals surface area contributed by atoms with E-state index < -0.39 is 0 Å². The summed E-state index contributed by atoms with van der Waals surface area (Å²) in [6, 6.07) is 16.8. The normalized spacial score (nSPS) is 12.0. The van der Waals surface area contributed by atoms with E-state index in [1.807, 2.05) is 43.3 Å². The molecule has 0 bridgehead atoms. The van der Waals surface area contributed by atoms with E-state index in [-0.39, 0.29) is 11.9 Å². The number of pyridine rings is 2. The maximum atomic E-state index is 9.32. The molecule has 3 aromatic heterocycles. The van der Waals surface area contributed by atoms with Gasteiger partial charge in [0.15, 0.2) is 11.3 Å². The summed E-state index contributed by atoms with van der Waals surface area (Å²) < 4.78 is 0. The molecule has 0 aliphatic heterocycles. The molecule has 1 unspecified atom stereocenters. The van der Waals surface area contributed by atoms with Gasteiger partial charge >= 0.3 is 0 Å². The number of benzene rings is 1. The Morgan fingerprint density at radius 3 is 2.69 bits per heavy atom. The van der Waals surface area contributed by atoms with Gasteiger partial charge in [-0.2, -0.15) is 15.2 Å². The Balaban J connectivity index is 1.82. The van der Waals surface area contributed by atoms with Crippen molar-refractivity contribution in [1.29, 1.82) is 5.26 Å². The third-order valence-electron chi connectivity index (χ3n) is 4.20. The first-order valence-corrected chi connectivity index (χ1v) is 8.11. The van der Waals surface area contributed by atoms with E-state index in [9.17, 15) is 5.26 Å². The molecule has 26 heavy (non-hydrogen) atoms. The fraction of sp³-hybridized carbons (Fsp3) is 0.105. The average molecular weight is 341 g/mol. The molecule has 4 rings (SSSR count). The molecule has 0 aliphatic rings. The van der Waals surface area contributed by atoms with Crippen molar-refractivity contribution in [2.24, 2.45) is 0 Å². The van der Waals surface area contributed by atoms with Crippen LogP contribution in [-0.2, 0) is 0 Å². The zero-order valence-electron chi connectivity index (χ0n) is 14.0. The van der Waals surface area contributed by atoms with Crippen LogP contribution in [0.4, 0.5) is 5.82 Å². The number of rotatable bonds is 3. The highest BCUT2D eigenvalue weighted by Gasteiger charge is 2.17. The van der Waals surface area contributed by atoms with Gasteiger partial charge in [0.05, 0.1) is 23.0 Å². The maximum absolute atomic E-state index is 9.32. The highest BCUT2D eigenvalue weighted by atomic mass is 15.5. The number of aromatic nitrogens is 5. The Hall–Kier alpha value is -3.79. The Labute approximate surface area is 149 Å². The summed E-state index contributed by atoms with van der Waals surface area (Å²) in [5, 5.41) is 18.4. The molecular weight excluding hydrogens is 326 g/mol. The van der Waals surface area contributed by atoms with E-state index in [2.05, 4.69) is 26.2 Å². The van der Waals surface area contributed by atoms with Crippen LogP contribution in [0.5, 0.6) is 0 Å². The van der Waals surface area contributed by atoms with Crippen LogP contribution in [0.1, 0.15) is 24.2 Å². The smallest absolute Gasteiger partial charge is 0.155 e. The van der Waals surface area contributed by atoms with Gasteiger partial charge in [-0.1, -0.05) is 24.3 Å². The summed E-state index contributed by atoms with van der Waals surface area (Å²) in [6.07, 6.45) is 1.74. The second-order valence-electron chi connectivity index (χ2n) is 5.87. The average Bonchev–Trinajstić information content (AvgIpc) is 3.13. The number of hydrogen-bond donors (Lipinski definition) is 1. The predicted octanol–water partition coefficient (Wildman–Crippen LogP) is 2.95. The van der Waals surface area contributed by atoms with Crippen molar-refractivity contribution in [2.75, 3.05) is 5.73 Å². The maximum Gasteiger partial charge on any atom is 0.155 e. The Morgan fingerprint density at radius 2 is 1.92 bits per heavy atom. The fourth-order valence-electron chi connectivity index (χ4n) is 2.81. The molecule has 7 nitrogen and oxygen atoms in total. The zero-order valence-corrected chi connectivity index (χ0v) is 14.0. The van der Waals surface area contributed by atoms with Gasteiger partial charge in [0, 0.05) is 11.8 Å². The highest BCUT2D eigenvalue weighted by molar-refractivity contribution is 5.88. The number of nitrogen functional groups attached to an aromatic ring is 1. The van der Waals surface area contributed by atoms with Gasteiger partial charge in [-0.15, -0.1) is 5.10 Å². The molecule has 0 saturated heterocycles. The number of fused-ring (bicyclic) bond motifs is 1. The summed E-state index contributed by atoms with van der Waals surface area (Å²) in [4.78, 5) is 10.4. The first kappa shape index (κ1) is 15.7. The third-order valence-corrected chi connectivity index (χ3v) is 4.20. The van der Waals surface area contributed by atoms with Crippen molar-refractivity contribution in [3.63, 3.8) is 0 Å². The van der Waals surface area contributed by atoms with Gasteiger partial charge in [0.25, 0.3) is 0 Å². The molecule has 4 aromatic rings. The van der Waals surface area contributed by atoms with E-state index in [4.69, 9.17) is 5.73 Å². The molecule has 7 heteroatoms. The molecule has 0 saturated carbocycles. The number of anilines is 1. The van der Waals surface area contributed by atoms with Crippen LogP contribution < -0.4 is 5.73 Å². The summed E-state index contributed by atoms with van der Waals surface area (Å²) in [5.74, 6) is 0.282. The minimum absolute atomic E-state index is 0.141. The molecule has 1 atom stereocenters. The quantitative estimate of drug-likeness (QED) is 0.614. The van der Waals surface area contributed by atoms with Crippen molar-refractivity contribution in [3.05, 3.63) is 66.0 Å². The predicted molar refractivity (Wildman–Crippen MR) is 97.9 cm³/mol. The second kappa shape index (κ2) is 6.26. The van der Waals surface area contributed by atoms with Gasteiger partial charge in [-0.05, 0) is 31.2 Å². The van der Waals surface area contributed by atoms with E-state index in [1.165, 1.54) is 0 Å². The first-order valence-electron chi connectivity index (χ1n) is 8.11. The van der Waals surface area contributed by atoms with Gasteiger partial charge in [-0.3, -0.25) is 4.98 Å². The number of nitriles is 1. The van der Waals surface area contributed by atoms with Crippen molar-refractivity contribution < 1.29 is 0 Å². The van der Waals surface area contributed by atoms with E-state index >= 15 is 0 Å². The lowest BCUT2D eigenvalue weighted by atomic mass is 10.0. The van der Waals surface area contributed by atoms with Crippen LogP contribution in [-0.4, -0.2) is 25.0 Å². The monoisotopic (exact) mass is 341 g/mol. The van der Waals surface area contributed by atoms with E-state index in [0.29, 0.717) is 22.3 Å². The topological polar surface area (TPSA) is 106 Å². The second-order valence-corrected chi connectivity index (χ2v) is 5.87. The minimum Gasteiger partial charge on any atom is -0.382 e.